The summed E-state index contributed by atoms with van der Waals surface area (Å²) in [5.41, 5.74) is 0.413. The second-order valence-corrected chi connectivity index (χ2v) is 27.2. The fraction of sp³-hybridized carbons (Fsp3) is 0.103. The van der Waals surface area contributed by atoms with E-state index in [1.165, 1.54) is 61.9 Å². The molecular weight excluding hydrogens is 1080 g/mol. The molecule has 4 aromatic heterocycles. The molecule has 1 saturated heterocycles. The summed E-state index contributed by atoms with van der Waals surface area (Å²) < 4.78 is 69.7. The van der Waals surface area contributed by atoms with Crippen LogP contribution in [-0.4, -0.2) is 35.2 Å². The van der Waals surface area contributed by atoms with E-state index in [2.05, 4.69) is 127 Å². The summed E-state index contributed by atoms with van der Waals surface area (Å²) in [7, 11) is -7.17. The summed E-state index contributed by atoms with van der Waals surface area (Å²) in [5, 5.41) is 14.6. The maximum Gasteiger partial charge on any atom is 0.505 e. The standard InChI is InChI=1S/C26H16O2S3.C20H19BO2S2.C12H9BrO2S/c27-31(28,20-4-2-1-3-5-20)21-10-6-17(7-11-21)24-16-19-9-13-22-23(26(19)30-24)12-8-18-14-15-29-25(18)22;1-19(2)20(3,4)23-21(22-19)16-11-13-6-8-14-15(18(13)25-16)7-5-12-9-10-24-17(12)14;13-10-6-8-12(9-7-10)16(14,15)11-4-2-1-3-5-11/h1-16H;5-11H,1-4H3;1-9H. The number of sulfone groups is 2. The predicted molar refractivity (Wildman–Crippen MR) is 309 cm³/mol. The van der Waals surface area contributed by atoms with Gasteiger partial charge in [0, 0.05) is 54.5 Å². The Kier molecular flexibility index (Phi) is 12.9. The van der Waals surface area contributed by atoms with Gasteiger partial charge in [-0.2, -0.15) is 0 Å². The van der Waals surface area contributed by atoms with Crippen molar-refractivity contribution in [2.75, 3.05) is 0 Å². The van der Waals surface area contributed by atoms with Gasteiger partial charge in [0.05, 0.1) is 30.8 Å². The van der Waals surface area contributed by atoms with E-state index in [0.717, 1.165) is 19.7 Å². The summed E-state index contributed by atoms with van der Waals surface area (Å²) in [6.07, 6.45) is 0. The lowest BCUT2D eigenvalue weighted by atomic mass is 9.87. The van der Waals surface area contributed by atoms with Crippen LogP contribution in [0, 0.1) is 0 Å². The predicted octanol–water partition coefficient (Wildman–Crippen LogP) is 16.6. The molecule has 5 heterocycles. The Balaban J connectivity index is 0.000000123. The van der Waals surface area contributed by atoms with Gasteiger partial charge >= 0.3 is 7.12 Å². The lowest BCUT2D eigenvalue weighted by Crippen LogP contribution is -2.41. The van der Waals surface area contributed by atoms with Gasteiger partial charge in [-0.25, -0.2) is 16.8 Å². The minimum atomic E-state index is -3.50. The number of hydrogen-bond donors (Lipinski definition) is 0. The third-order valence-electron chi connectivity index (χ3n) is 13.4. The maximum atomic E-state index is 12.9. The fourth-order valence-electron chi connectivity index (χ4n) is 8.78. The van der Waals surface area contributed by atoms with E-state index in [9.17, 15) is 16.8 Å². The number of halogens is 1. The molecule has 0 radical (unpaired) electrons. The molecule has 0 aliphatic carbocycles. The monoisotopic (exact) mass is 1120 g/mol. The zero-order valence-electron chi connectivity index (χ0n) is 39.3. The summed E-state index contributed by atoms with van der Waals surface area (Å²) in [6, 6.07) is 57.3. The van der Waals surface area contributed by atoms with Crippen LogP contribution in [0.1, 0.15) is 27.7 Å². The zero-order chi connectivity index (χ0) is 50.0. The second kappa shape index (κ2) is 19.1. The van der Waals surface area contributed by atoms with Gasteiger partial charge in [-0.05, 0) is 150 Å². The van der Waals surface area contributed by atoms with Crippen LogP contribution in [0.2, 0.25) is 0 Å². The number of rotatable bonds is 6. The van der Waals surface area contributed by atoms with Crippen molar-refractivity contribution in [2.24, 2.45) is 0 Å². The Hall–Kier alpha value is -5.52. The summed E-state index contributed by atoms with van der Waals surface area (Å²) in [5.74, 6) is 0. The van der Waals surface area contributed by atoms with Gasteiger partial charge in [0.2, 0.25) is 19.7 Å². The fourth-order valence-corrected chi connectivity index (χ4v) is 15.8. The van der Waals surface area contributed by atoms with Crippen LogP contribution in [0.4, 0.5) is 0 Å². The molecule has 358 valence electrons. The largest absolute Gasteiger partial charge is 0.505 e. The molecule has 72 heavy (non-hydrogen) atoms. The first-order valence-electron chi connectivity index (χ1n) is 23.0. The van der Waals surface area contributed by atoms with Gasteiger partial charge in [-0.1, -0.05) is 113 Å². The van der Waals surface area contributed by atoms with Gasteiger partial charge in [0.25, 0.3) is 0 Å². The number of fused-ring (bicyclic) bond motifs is 10. The average molecular weight is 1120 g/mol. The lowest BCUT2D eigenvalue weighted by Gasteiger charge is -2.32. The van der Waals surface area contributed by atoms with Gasteiger partial charge in [0.15, 0.2) is 0 Å². The first-order valence-corrected chi connectivity index (χ1v) is 30.2. The molecule has 1 aliphatic heterocycles. The number of benzene rings is 8. The summed E-state index contributed by atoms with van der Waals surface area (Å²) >= 11 is 10.4. The van der Waals surface area contributed by atoms with Crippen molar-refractivity contribution in [1.29, 1.82) is 0 Å². The van der Waals surface area contributed by atoms with Crippen LogP contribution in [0.5, 0.6) is 0 Å². The third kappa shape index (κ3) is 9.05. The summed E-state index contributed by atoms with van der Waals surface area (Å²) in [6.45, 7) is 8.40. The van der Waals surface area contributed by atoms with Crippen molar-refractivity contribution < 1.29 is 26.1 Å². The Morgan fingerprint density at radius 3 is 1.32 bits per heavy atom. The van der Waals surface area contributed by atoms with Crippen LogP contribution >= 0.6 is 61.3 Å². The first-order chi connectivity index (χ1) is 34.6. The highest BCUT2D eigenvalue weighted by molar-refractivity contribution is 9.10. The molecule has 8 aromatic carbocycles. The van der Waals surface area contributed by atoms with E-state index in [4.69, 9.17) is 9.31 Å². The lowest BCUT2D eigenvalue weighted by molar-refractivity contribution is 0.00578. The molecule has 0 saturated carbocycles. The molecule has 0 N–H and O–H groups in total. The van der Waals surface area contributed by atoms with Crippen molar-refractivity contribution >= 4 is 155 Å². The number of thiophene rings is 4. The van der Waals surface area contributed by atoms with Gasteiger partial charge < -0.3 is 9.31 Å². The van der Waals surface area contributed by atoms with E-state index in [0.29, 0.717) is 19.6 Å². The van der Waals surface area contributed by atoms with Crippen LogP contribution in [0.15, 0.2) is 217 Å². The van der Waals surface area contributed by atoms with Crippen molar-refractivity contribution in [2.45, 2.75) is 58.5 Å². The zero-order valence-corrected chi connectivity index (χ0v) is 45.8. The van der Waals surface area contributed by atoms with Crippen LogP contribution in [0.3, 0.4) is 0 Å². The van der Waals surface area contributed by atoms with Crippen LogP contribution in [0.25, 0.3) is 72.3 Å². The minimum Gasteiger partial charge on any atom is -0.399 e. The van der Waals surface area contributed by atoms with E-state index in [1.54, 1.807) is 125 Å². The topological polar surface area (TPSA) is 86.7 Å². The first kappa shape index (κ1) is 48.7. The molecule has 1 aliphatic rings. The molecule has 0 amide bonds. The average Bonchev–Trinajstić information content (AvgIpc) is 4.25. The molecule has 0 bridgehead atoms. The quantitative estimate of drug-likeness (QED) is 0.154. The third-order valence-corrected chi connectivity index (χ3v) is 21.8. The molecule has 6 nitrogen and oxygen atoms in total. The van der Waals surface area contributed by atoms with Gasteiger partial charge in [-0.15, -0.1) is 45.3 Å². The van der Waals surface area contributed by atoms with Crippen LogP contribution in [-0.2, 0) is 29.0 Å². The highest BCUT2D eigenvalue weighted by Gasteiger charge is 2.52. The van der Waals surface area contributed by atoms with E-state index < -0.39 is 19.7 Å². The van der Waals surface area contributed by atoms with E-state index in [1.807, 2.05) is 29.5 Å². The highest BCUT2D eigenvalue weighted by atomic mass is 79.9. The van der Waals surface area contributed by atoms with E-state index in [-0.39, 0.29) is 18.3 Å². The Labute approximate surface area is 443 Å². The van der Waals surface area contributed by atoms with E-state index >= 15 is 0 Å². The molecule has 1 fully saturated rings. The highest BCUT2D eigenvalue weighted by Crippen LogP contribution is 2.42. The van der Waals surface area contributed by atoms with Gasteiger partial charge in [-0.3, -0.25) is 0 Å². The Morgan fingerprint density at radius 1 is 0.431 bits per heavy atom. The number of hydrogen-bond acceptors (Lipinski definition) is 10. The van der Waals surface area contributed by atoms with Crippen molar-refractivity contribution in [3.8, 4) is 10.4 Å². The smallest absolute Gasteiger partial charge is 0.399 e. The molecule has 12 aromatic rings. The van der Waals surface area contributed by atoms with Crippen molar-refractivity contribution in [3.63, 3.8) is 0 Å². The molecule has 0 unspecified atom stereocenters. The minimum absolute atomic E-state index is 0.289. The second-order valence-electron chi connectivity index (χ2n) is 18.4. The van der Waals surface area contributed by atoms with Crippen LogP contribution < -0.4 is 4.78 Å². The molecule has 0 spiro atoms. The Morgan fingerprint density at radius 2 is 0.833 bits per heavy atom. The summed E-state index contributed by atoms with van der Waals surface area (Å²) in [4.78, 5) is 2.39. The Bertz CT molecular complexity index is 4190. The molecule has 13 rings (SSSR count). The SMILES string of the molecule is CC1(C)OB(c2cc3ccc4c(ccc5ccsc54)c3s2)OC1(C)C.O=S(=O)(c1ccccc1)c1ccc(-c2cc3ccc4c(ccc5ccsc54)c3s2)cc1.O=S(=O)(c1ccccc1)c1ccc(Br)cc1. The van der Waals surface area contributed by atoms with Crippen molar-refractivity contribution in [3.05, 3.63) is 197 Å². The normalized spacial score (nSPS) is 14.5. The molecule has 14 heteroatoms. The molecular formula is C58H44BBrO6S6. The van der Waals surface area contributed by atoms with Gasteiger partial charge in [0.1, 0.15) is 0 Å². The maximum absolute atomic E-state index is 12.9. The molecule has 0 atom stereocenters. The van der Waals surface area contributed by atoms with Crippen molar-refractivity contribution in [1.82, 2.24) is 0 Å².